The normalized spacial score (nSPS) is 10.6. The molecule has 0 fully saturated rings. The predicted octanol–water partition coefficient (Wildman–Crippen LogP) is 3.13. The van der Waals surface area contributed by atoms with E-state index >= 15 is 0 Å². The van der Waals surface area contributed by atoms with Crippen LogP contribution in [0.4, 0.5) is 11.6 Å². The molecule has 0 saturated heterocycles. The van der Waals surface area contributed by atoms with Crippen molar-refractivity contribution in [3.8, 4) is 0 Å². The molecule has 1 heterocycles. The fourth-order valence-electron chi connectivity index (χ4n) is 1.26. The van der Waals surface area contributed by atoms with Gasteiger partial charge in [0.05, 0.1) is 0 Å². The summed E-state index contributed by atoms with van der Waals surface area (Å²) < 4.78 is 0.903. The van der Waals surface area contributed by atoms with E-state index in [1.54, 1.807) is 6.33 Å². The molecule has 0 saturated carbocycles. The first-order valence-corrected chi connectivity index (χ1v) is 6.42. The number of halogens is 1. The van der Waals surface area contributed by atoms with Crippen LogP contribution in [-0.4, -0.2) is 23.1 Å². The molecule has 1 aromatic rings. The van der Waals surface area contributed by atoms with E-state index in [1.807, 2.05) is 6.92 Å². The molecule has 0 unspecified atom stereocenters. The summed E-state index contributed by atoms with van der Waals surface area (Å²) in [7, 11) is 0. The molecule has 5 heteroatoms. The van der Waals surface area contributed by atoms with Gasteiger partial charge in [-0.05, 0) is 35.2 Å². The second-order valence-electron chi connectivity index (χ2n) is 4.02. The van der Waals surface area contributed by atoms with Gasteiger partial charge < -0.3 is 10.6 Å². The van der Waals surface area contributed by atoms with Gasteiger partial charge in [-0.3, -0.25) is 0 Å². The Morgan fingerprint density at radius 1 is 1.25 bits per heavy atom. The van der Waals surface area contributed by atoms with Crippen LogP contribution in [0, 0.1) is 5.92 Å². The lowest BCUT2D eigenvalue weighted by atomic mass is 10.1. The number of anilines is 2. The number of rotatable bonds is 6. The molecular weight excluding hydrogens is 268 g/mol. The molecule has 0 aromatic carbocycles. The lowest BCUT2D eigenvalue weighted by molar-refractivity contribution is 0.606. The first-order valence-electron chi connectivity index (χ1n) is 5.63. The summed E-state index contributed by atoms with van der Waals surface area (Å²) in [6, 6.07) is 0. The average molecular weight is 287 g/mol. The molecule has 0 amide bonds. The summed E-state index contributed by atoms with van der Waals surface area (Å²) in [5, 5.41) is 6.48. The quantitative estimate of drug-likeness (QED) is 0.844. The molecule has 16 heavy (non-hydrogen) atoms. The lowest BCUT2D eigenvalue weighted by Crippen LogP contribution is -2.09. The highest BCUT2D eigenvalue weighted by atomic mass is 79.9. The Labute approximate surface area is 105 Å². The van der Waals surface area contributed by atoms with E-state index in [9.17, 15) is 0 Å². The van der Waals surface area contributed by atoms with Gasteiger partial charge in [0.2, 0.25) is 0 Å². The summed E-state index contributed by atoms with van der Waals surface area (Å²) in [6.07, 6.45) is 2.70. The minimum atomic E-state index is 0.696. The van der Waals surface area contributed by atoms with E-state index in [4.69, 9.17) is 0 Å². The Hall–Kier alpha value is -0.840. The lowest BCUT2D eigenvalue weighted by Gasteiger charge is -2.11. The molecule has 90 valence electrons. The molecule has 2 N–H and O–H groups in total. The van der Waals surface area contributed by atoms with E-state index < -0.39 is 0 Å². The van der Waals surface area contributed by atoms with Crippen LogP contribution in [-0.2, 0) is 0 Å². The molecular formula is C11H19BrN4. The zero-order valence-electron chi connectivity index (χ0n) is 10.0. The Bertz CT molecular complexity index is 328. The SMILES string of the molecule is CCNc1ncnc(NCCC(C)C)c1Br. The Balaban J connectivity index is 2.62. The zero-order valence-corrected chi connectivity index (χ0v) is 11.6. The molecule has 0 atom stereocenters. The van der Waals surface area contributed by atoms with Crippen LogP contribution in [0.25, 0.3) is 0 Å². The van der Waals surface area contributed by atoms with Crippen LogP contribution in [0.5, 0.6) is 0 Å². The van der Waals surface area contributed by atoms with E-state index in [-0.39, 0.29) is 0 Å². The fraction of sp³-hybridized carbons (Fsp3) is 0.636. The zero-order chi connectivity index (χ0) is 12.0. The third-order valence-corrected chi connectivity index (χ3v) is 2.90. The molecule has 0 bridgehead atoms. The topological polar surface area (TPSA) is 49.8 Å². The molecule has 0 aliphatic heterocycles. The maximum Gasteiger partial charge on any atom is 0.145 e. The van der Waals surface area contributed by atoms with Gasteiger partial charge in [-0.25, -0.2) is 9.97 Å². The summed E-state index contributed by atoms with van der Waals surface area (Å²) in [5.74, 6) is 2.39. The van der Waals surface area contributed by atoms with E-state index in [2.05, 4.69) is 50.4 Å². The first-order chi connectivity index (χ1) is 7.65. The minimum absolute atomic E-state index is 0.696. The highest BCUT2D eigenvalue weighted by Gasteiger charge is 2.07. The van der Waals surface area contributed by atoms with Gasteiger partial charge >= 0.3 is 0 Å². The molecule has 4 nitrogen and oxygen atoms in total. The van der Waals surface area contributed by atoms with Gasteiger partial charge in [-0.1, -0.05) is 13.8 Å². The van der Waals surface area contributed by atoms with Crippen LogP contribution < -0.4 is 10.6 Å². The molecule has 0 aliphatic rings. The third-order valence-electron chi connectivity index (χ3n) is 2.15. The van der Waals surface area contributed by atoms with E-state index in [0.29, 0.717) is 5.92 Å². The highest BCUT2D eigenvalue weighted by molar-refractivity contribution is 9.10. The van der Waals surface area contributed by atoms with Crippen molar-refractivity contribution in [3.63, 3.8) is 0 Å². The van der Waals surface area contributed by atoms with Crippen molar-refractivity contribution in [1.82, 2.24) is 9.97 Å². The molecule has 1 aromatic heterocycles. The molecule has 1 rings (SSSR count). The summed E-state index contributed by atoms with van der Waals surface area (Å²) in [4.78, 5) is 8.37. The van der Waals surface area contributed by atoms with Gasteiger partial charge in [0.1, 0.15) is 22.4 Å². The van der Waals surface area contributed by atoms with Crippen molar-refractivity contribution in [2.24, 2.45) is 5.92 Å². The Morgan fingerprint density at radius 2 is 1.88 bits per heavy atom. The van der Waals surface area contributed by atoms with Crippen molar-refractivity contribution < 1.29 is 0 Å². The Morgan fingerprint density at radius 3 is 2.44 bits per heavy atom. The number of hydrogen-bond donors (Lipinski definition) is 2. The average Bonchev–Trinajstić information content (AvgIpc) is 2.23. The summed E-state index contributed by atoms with van der Waals surface area (Å²) in [5.41, 5.74) is 0. The highest BCUT2D eigenvalue weighted by Crippen LogP contribution is 2.26. The van der Waals surface area contributed by atoms with Crippen molar-refractivity contribution in [2.45, 2.75) is 27.2 Å². The number of hydrogen-bond acceptors (Lipinski definition) is 4. The number of nitrogens with zero attached hydrogens (tertiary/aromatic N) is 2. The Kier molecular flexibility index (Phi) is 5.52. The number of aromatic nitrogens is 2. The summed E-state index contributed by atoms with van der Waals surface area (Å²) >= 11 is 3.50. The first kappa shape index (κ1) is 13.2. The second-order valence-corrected chi connectivity index (χ2v) is 4.82. The van der Waals surface area contributed by atoms with Crippen LogP contribution in [0.3, 0.4) is 0 Å². The third kappa shape index (κ3) is 3.96. The fourth-order valence-corrected chi connectivity index (χ4v) is 1.75. The standard InChI is InChI=1S/C11H19BrN4/c1-4-13-10-9(12)11(16-7-15-10)14-6-5-8(2)3/h7-8H,4-6H2,1-3H3,(H2,13,14,15,16). The van der Waals surface area contributed by atoms with Gasteiger partial charge in [0.15, 0.2) is 0 Å². The van der Waals surface area contributed by atoms with Crippen LogP contribution >= 0.6 is 15.9 Å². The van der Waals surface area contributed by atoms with Crippen molar-refractivity contribution in [3.05, 3.63) is 10.8 Å². The van der Waals surface area contributed by atoms with Gasteiger partial charge in [-0.2, -0.15) is 0 Å². The summed E-state index contributed by atoms with van der Waals surface area (Å²) in [6.45, 7) is 8.24. The largest absolute Gasteiger partial charge is 0.369 e. The van der Waals surface area contributed by atoms with Crippen molar-refractivity contribution in [2.75, 3.05) is 23.7 Å². The maximum absolute atomic E-state index is 4.21. The van der Waals surface area contributed by atoms with Crippen LogP contribution in [0.15, 0.2) is 10.8 Å². The van der Waals surface area contributed by atoms with Gasteiger partial charge in [0.25, 0.3) is 0 Å². The predicted molar refractivity (Wildman–Crippen MR) is 71.8 cm³/mol. The van der Waals surface area contributed by atoms with Gasteiger partial charge in [0, 0.05) is 13.1 Å². The van der Waals surface area contributed by atoms with Gasteiger partial charge in [-0.15, -0.1) is 0 Å². The maximum atomic E-state index is 4.21. The molecule has 0 radical (unpaired) electrons. The monoisotopic (exact) mass is 286 g/mol. The van der Waals surface area contributed by atoms with Crippen molar-refractivity contribution >= 4 is 27.6 Å². The molecule has 0 spiro atoms. The van der Waals surface area contributed by atoms with E-state index in [0.717, 1.165) is 35.6 Å². The van der Waals surface area contributed by atoms with Crippen molar-refractivity contribution in [1.29, 1.82) is 0 Å². The number of nitrogens with one attached hydrogen (secondary N) is 2. The van der Waals surface area contributed by atoms with Crippen LogP contribution in [0.1, 0.15) is 27.2 Å². The van der Waals surface area contributed by atoms with Crippen LogP contribution in [0.2, 0.25) is 0 Å². The molecule has 0 aliphatic carbocycles. The van der Waals surface area contributed by atoms with E-state index in [1.165, 1.54) is 0 Å². The second kappa shape index (κ2) is 6.68. The minimum Gasteiger partial charge on any atom is -0.369 e. The smallest absolute Gasteiger partial charge is 0.145 e.